The van der Waals surface area contributed by atoms with Crippen molar-refractivity contribution in [2.75, 3.05) is 0 Å². The molecule has 1 aliphatic rings. The lowest BCUT2D eigenvalue weighted by atomic mass is 9.71. The third kappa shape index (κ3) is 2.74. The molecule has 0 unspecified atom stereocenters. The number of aliphatic hydroxyl groups is 1. The van der Waals surface area contributed by atoms with E-state index in [4.69, 9.17) is 0 Å². The van der Waals surface area contributed by atoms with Crippen LogP contribution in [0.4, 0.5) is 0 Å². The second-order valence-corrected chi connectivity index (χ2v) is 4.60. The number of rotatable bonds is 1. The summed E-state index contributed by atoms with van der Waals surface area (Å²) in [5.41, 5.74) is 0.134. The topological polar surface area (TPSA) is 20.2 Å². The summed E-state index contributed by atoms with van der Waals surface area (Å²) in [5, 5.41) is 9.39. The normalized spacial score (nSPS) is 29.2. The fraction of sp³-hybridized carbons (Fsp3) is 0.833. The lowest BCUT2D eigenvalue weighted by molar-refractivity contribution is 0.0835. The zero-order valence-electron chi connectivity index (χ0n) is 8.93. The third-order valence-corrected chi connectivity index (χ3v) is 3.16. The second-order valence-electron chi connectivity index (χ2n) is 4.60. The first kappa shape index (κ1) is 10.6. The number of hydrogen-bond donors (Lipinski definition) is 1. The predicted molar refractivity (Wildman–Crippen MR) is 55.2 cm³/mol. The van der Waals surface area contributed by atoms with Gasteiger partial charge in [0.15, 0.2) is 0 Å². The minimum absolute atomic E-state index is 0.0540. The molecule has 1 rings (SSSR count). The van der Waals surface area contributed by atoms with E-state index in [0.29, 0.717) is 5.92 Å². The van der Waals surface area contributed by atoms with Gasteiger partial charge in [0.05, 0.1) is 6.10 Å². The Labute approximate surface area is 81.5 Å². The van der Waals surface area contributed by atoms with Crippen LogP contribution in [0.15, 0.2) is 0 Å². The number of aliphatic hydroxyl groups excluding tert-OH is 1. The van der Waals surface area contributed by atoms with Gasteiger partial charge in [0.1, 0.15) is 0 Å². The molecule has 1 saturated carbocycles. The molecular formula is C12H20O. The van der Waals surface area contributed by atoms with Crippen molar-refractivity contribution in [3.8, 4) is 11.8 Å². The highest BCUT2D eigenvalue weighted by Gasteiger charge is 2.31. The van der Waals surface area contributed by atoms with Crippen molar-refractivity contribution in [2.24, 2.45) is 11.3 Å². The van der Waals surface area contributed by atoms with E-state index in [-0.39, 0.29) is 11.5 Å². The molecule has 0 radical (unpaired) electrons. The molecule has 0 heterocycles. The van der Waals surface area contributed by atoms with Crippen molar-refractivity contribution < 1.29 is 5.11 Å². The van der Waals surface area contributed by atoms with Gasteiger partial charge in [-0.1, -0.05) is 5.92 Å². The molecule has 1 fully saturated rings. The van der Waals surface area contributed by atoms with Crippen LogP contribution in [0.3, 0.4) is 0 Å². The van der Waals surface area contributed by atoms with Crippen LogP contribution in [0.5, 0.6) is 0 Å². The summed E-state index contributed by atoms with van der Waals surface area (Å²) in [5.74, 6) is 6.95. The van der Waals surface area contributed by atoms with Crippen LogP contribution in [0.2, 0.25) is 0 Å². The summed E-state index contributed by atoms with van der Waals surface area (Å²) >= 11 is 0. The highest BCUT2D eigenvalue weighted by molar-refractivity contribution is 5.09. The van der Waals surface area contributed by atoms with E-state index >= 15 is 0 Å². The van der Waals surface area contributed by atoms with Crippen LogP contribution in [0.1, 0.15) is 46.5 Å². The van der Waals surface area contributed by atoms with Crippen molar-refractivity contribution in [2.45, 2.75) is 52.6 Å². The first-order chi connectivity index (χ1) is 6.06. The maximum absolute atomic E-state index is 9.39. The van der Waals surface area contributed by atoms with Crippen molar-refractivity contribution in [3.63, 3.8) is 0 Å². The van der Waals surface area contributed by atoms with Gasteiger partial charge in [0, 0.05) is 5.41 Å². The van der Waals surface area contributed by atoms with E-state index in [0.717, 1.165) is 25.7 Å². The maximum Gasteiger partial charge on any atom is 0.0540 e. The van der Waals surface area contributed by atoms with Crippen molar-refractivity contribution >= 4 is 0 Å². The molecule has 1 heteroatoms. The lowest BCUT2D eigenvalue weighted by Crippen LogP contribution is -2.28. The molecule has 0 atom stereocenters. The summed E-state index contributed by atoms with van der Waals surface area (Å²) < 4.78 is 0. The SMILES string of the molecule is CC#CC(C)(C)C1CCC(O)CC1. The van der Waals surface area contributed by atoms with E-state index < -0.39 is 0 Å². The standard InChI is InChI=1S/C12H20O/c1-4-9-12(2,3)10-5-7-11(13)8-6-10/h10-11,13H,5-8H2,1-3H3. The minimum Gasteiger partial charge on any atom is -0.393 e. The van der Waals surface area contributed by atoms with Crippen LogP contribution < -0.4 is 0 Å². The molecule has 0 aliphatic heterocycles. The van der Waals surface area contributed by atoms with Gasteiger partial charge in [-0.05, 0) is 52.4 Å². The monoisotopic (exact) mass is 180 g/mol. The summed E-state index contributed by atoms with van der Waals surface area (Å²) in [6.07, 6.45) is 4.12. The fourth-order valence-electron chi connectivity index (χ4n) is 2.22. The lowest BCUT2D eigenvalue weighted by Gasteiger charge is -2.34. The zero-order chi connectivity index (χ0) is 9.90. The molecule has 74 valence electrons. The fourth-order valence-corrected chi connectivity index (χ4v) is 2.22. The van der Waals surface area contributed by atoms with Gasteiger partial charge in [-0.3, -0.25) is 0 Å². The Hall–Kier alpha value is -0.480. The second kappa shape index (κ2) is 4.15. The number of hydrogen-bond acceptors (Lipinski definition) is 1. The maximum atomic E-state index is 9.39. The average molecular weight is 180 g/mol. The Kier molecular flexibility index (Phi) is 3.39. The van der Waals surface area contributed by atoms with Crippen LogP contribution in [0, 0.1) is 23.2 Å². The van der Waals surface area contributed by atoms with Gasteiger partial charge in [-0.15, -0.1) is 5.92 Å². The molecule has 13 heavy (non-hydrogen) atoms. The van der Waals surface area contributed by atoms with Crippen LogP contribution in [-0.2, 0) is 0 Å². The largest absolute Gasteiger partial charge is 0.393 e. The Morgan fingerprint density at radius 2 is 1.69 bits per heavy atom. The molecular weight excluding hydrogens is 160 g/mol. The van der Waals surface area contributed by atoms with E-state index in [1.165, 1.54) is 0 Å². The van der Waals surface area contributed by atoms with E-state index in [2.05, 4.69) is 25.7 Å². The van der Waals surface area contributed by atoms with Gasteiger partial charge in [-0.25, -0.2) is 0 Å². The van der Waals surface area contributed by atoms with E-state index in [1.54, 1.807) is 0 Å². The quantitative estimate of drug-likeness (QED) is 0.615. The minimum atomic E-state index is -0.0540. The van der Waals surface area contributed by atoms with Gasteiger partial charge in [0.25, 0.3) is 0 Å². The van der Waals surface area contributed by atoms with E-state index in [1.807, 2.05) is 6.92 Å². The van der Waals surface area contributed by atoms with Gasteiger partial charge < -0.3 is 5.11 Å². The predicted octanol–water partition coefficient (Wildman–Crippen LogP) is 2.59. The molecule has 1 N–H and O–H groups in total. The van der Waals surface area contributed by atoms with Crippen molar-refractivity contribution in [3.05, 3.63) is 0 Å². The third-order valence-electron chi connectivity index (χ3n) is 3.16. The summed E-state index contributed by atoms with van der Waals surface area (Å²) in [4.78, 5) is 0. The van der Waals surface area contributed by atoms with Gasteiger partial charge in [-0.2, -0.15) is 0 Å². The van der Waals surface area contributed by atoms with Gasteiger partial charge >= 0.3 is 0 Å². The Balaban J connectivity index is 2.56. The smallest absolute Gasteiger partial charge is 0.0540 e. The Morgan fingerprint density at radius 3 is 2.15 bits per heavy atom. The van der Waals surface area contributed by atoms with E-state index in [9.17, 15) is 5.11 Å². The highest BCUT2D eigenvalue weighted by atomic mass is 16.3. The van der Waals surface area contributed by atoms with Crippen LogP contribution in [-0.4, -0.2) is 11.2 Å². The van der Waals surface area contributed by atoms with Gasteiger partial charge in [0.2, 0.25) is 0 Å². The Morgan fingerprint density at radius 1 is 1.15 bits per heavy atom. The summed E-state index contributed by atoms with van der Waals surface area (Å²) in [6.45, 7) is 6.33. The van der Waals surface area contributed by atoms with Crippen molar-refractivity contribution in [1.82, 2.24) is 0 Å². The molecule has 0 spiro atoms. The summed E-state index contributed by atoms with van der Waals surface area (Å²) in [6, 6.07) is 0. The average Bonchev–Trinajstić information content (AvgIpc) is 2.05. The molecule has 1 nitrogen and oxygen atoms in total. The first-order valence-electron chi connectivity index (χ1n) is 5.18. The molecule has 1 aliphatic carbocycles. The first-order valence-corrected chi connectivity index (χ1v) is 5.18. The summed E-state index contributed by atoms with van der Waals surface area (Å²) in [7, 11) is 0. The molecule has 0 saturated heterocycles. The molecule has 0 aromatic heterocycles. The molecule has 0 aromatic rings. The Bertz CT molecular complexity index is 211. The van der Waals surface area contributed by atoms with Crippen LogP contribution in [0.25, 0.3) is 0 Å². The molecule has 0 bridgehead atoms. The zero-order valence-corrected chi connectivity index (χ0v) is 8.93. The molecule has 0 aromatic carbocycles. The van der Waals surface area contributed by atoms with Crippen LogP contribution >= 0.6 is 0 Å². The van der Waals surface area contributed by atoms with Crippen molar-refractivity contribution in [1.29, 1.82) is 0 Å². The molecule has 0 amide bonds. The highest BCUT2D eigenvalue weighted by Crippen LogP contribution is 2.37.